The molecular formula is C12H21N3O2. The Bertz CT molecular complexity index is 345. The van der Waals surface area contributed by atoms with Crippen LogP contribution >= 0.6 is 0 Å². The highest BCUT2D eigenvalue weighted by atomic mass is 16.5. The molecule has 0 N–H and O–H groups in total. The summed E-state index contributed by atoms with van der Waals surface area (Å²) in [5, 5.41) is 3.88. The normalized spacial score (nSPS) is 11.1. The first-order valence-corrected chi connectivity index (χ1v) is 6.25. The highest BCUT2D eigenvalue weighted by Crippen LogP contribution is 2.02. The van der Waals surface area contributed by atoms with Gasteiger partial charge in [0.1, 0.15) is 5.78 Å². The van der Waals surface area contributed by atoms with E-state index in [4.69, 9.17) is 4.52 Å². The fourth-order valence-electron chi connectivity index (χ4n) is 1.56. The van der Waals surface area contributed by atoms with E-state index < -0.39 is 0 Å². The molecule has 0 amide bonds. The molecule has 1 heterocycles. The standard InChI is InChI=1S/C12H21N3O2/c1-4-10(16)9-12-13-11(14-17-12)7-8-15(5-2)6-3/h4-9H2,1-3H3. The molecule has 17 heavy (non-hydrogen) atoms. The molecule has 5 heteroatoms. The van der Waals surface area contributed by atoms with Crippen LogP contribution in [-0.4, -0.2) is 40.5 Å². The first-order valence-electron chi connectivity index (χ1n) is 6.25. The molecule has 1 aromatic rings. The fraction of sp³-hybridized carbons (Fsp3) is 0.750. The van der Waals surface area contributed by atoms with E-state index in [1.165, 1.54) is 0 Å². The summed E-state index contributed by atoms with van der Waals surface area (Å²) >= 11 is 0. The molecule has 0 fully saturated rings. The van der Waals surface area contributed by atoms with Crippen LogP contribution in [0.1, 0.15) is 38.9 Å². The molecule has 0 aromatic carbocycles. The Hall–Kier alpha value is -1.23. The number of carbonyl (C=O) groups excluding carboxylic acids is 1. The van der Waals surface area contributed by atoms with Crippen LogP contribution in [0.3, 0.4) is 0 Å². The van der Waals surface area contributed by atoms with E-state index in [1.54, 1.807) is 0 Å². The third-order valence-corrected chi connectivity index (χ3v) is 2.80. The minimum atomic E-state index is 0.129. The van der Waals surface area contributed by atoms with Crippen LogP contribution in [0.4, 0.5) is 0 Å². The average molecular weight is 239 g/mol. The Morgan fingerprint density at radius 3 is 2.59 bits per heavy atom. The summed E-state index contributed by atoms with van der Waals surface area (Å²) in [7, 11) is 0. The summed E-state index contributed by atoms with van der Waals surface area (Å²) in [6.45, 7) is 9.06. The lowest BCUT2D eigenvalue weighted by molar-refractivity contribution is -0.118. The van der Waals surface area contributed by atoms with Gasteiger partial charge in [0.2, 0.25) is 5.89 Å². The molecule has 1 aromatic heterocycles. The lowest BCUT2D eigenvalue weighted by atomic mass is 10.2. The summed E-state index contributed by atoms with van der Waals surface area (Å²) in [4.78, 5) is 17.7. The van der Waals surface area contributed by atoms with Gasteiger partial charge < -0.3 is 9.42 Å². The molecule has 0 aliphatic rings. The van der Waals surface area contributed by atoms with Crippen molar-refractivity contribution >= 4 is 5.78 Å². The zero-order chi connectivity index (χ0) is 12.7. The van der Waals surface area contributed by atoms with Gasteiger partial charge in [-0.25, -0.2) is 0 Å². The summed E-state index contributed by atoms with van der Waals surface area (Å²) in [6.07, 6.45) is 1.54. The second-order valence-corrected chi connectivity index (χ2v) is 3.95. The summed E-state index contributed by atoms with van der Waals surface area (Å²) in [5.74, 6) is 1.26. The molecule has 1 rings (SSSR count). The second kappa shape index (κ2) is 7.17. The van der Waals surface area contributed by atoms with Gasteiger partial charge >= 0.3 is 0 Å². The van der Waals surface area contributed by atoms with Gasteiger partial charge in [0.25, 0.3) is 0 Å². The Morgan fingerprint density at radius 2 is 2.00 bits per heavy atom. The van der Waals surface area contributed by atoms with Gasteiger partial charge in [-0.05, 0) is 13.1 Å². The second-order valence-electron chi connectivity index (χ2n) is 3.95. The van der Waals surface area contributed by atoms with Crippen molar-refractivity contribution in [1.29, 1.82) is 0 Å². The van der Waals surface area contributed by atoms with Crippen LogP contribution in [0, 0.1) is 0 Å². The Balaban J connectivity index is 2.42. The monoisotopic (exact) mass is 239 g/mol. The van der Waals surface area contributed by atoms with Gasteiger partial charge in [0.15, 0.2) is 5.82 Å². The van der Waals surface area contributed by atoms with Crippen LogP contribution < -0.4 is 0 Å². The maximum Gasteiger partial charge on any atom is 0.234 e. The van der Waals surface area contributed by atoms with E-state index in [-0.39, 0.29) is 12.2 Å². The number of hydrogen-bond donors (Lipinski definition) is 0. The van der Waals surface area contributed by atoms with Crippen molar-refractivity contribution in [2.45, 2.75) is 40.0 Å². The summed E-state index contributed by atoms with van der Waals surface area (Å²) < 4.78 is 5.04. The Labute approximate surface area is 102 Å². The fourth-order valence-corrected chi connectivity index (χ4v) is 1.56. The number of aromatic nitrogens is 2. The Morgan fingerprint density at radius 1 is 1.29 bits per heavy atom. The van der Waals surface area contributed by atoms with Crippen molar-refractivity contribution in [1.82, 2.24) is 15.0 Å². The Kier molecular flexibility index (Phi) is 5.83. The van der Waals surface area contributed by atoms with Gasteiger partial charge in [0.05, 0.1) is 6.42 Å². The third-order valence-electron chi connectivity index (χ3n) is 2.80. The number of Topliss-reactive ketones (excluding diaryl/α,β-unsaturated/α-hetero) is 1. The maximum absolute atomic E-state index is 11.2. The molecule has 0 unspecified atom stereocenters. The maximum atomic E-state index is 11.2. The van der Waals surface area contributed by atoms with Gasteiger partial charge in [-0.15, -0.1) is 0 Å². The zero-order valence-electron chi connectivity index (χ0n) is 10.9. The largest absolute Gasteiger partial charge is 0.339 e. The van der Waals surface area contributed by atoms with Crippen LogP contribution in [0.2, 0.25) is 0 Å². The van der Waals surface area contributed by atoms with Gasteiger partial charge in [-0.3, -0.25) is 4.79 Å². The van der Waals surface area contributed by atoms with Gasteiger partial charge in [-0.2, -0.15) is 4.98 Å². The predicted octanol–water partition coefficient (Wildman–Crippen LogP) is 1.48. The molecule has 0 radical (unpaired) electrons. The molecule has 0 saturated heterocycles. The molecule has 96 valence electrons. The van der Waals surface area contributed by atoms with E-state index >= 15 is 0 Å². The van der Waals surface area contributed by atoms with E-state index in [9.17, 15) is 4.79 Å². The van der Waals surface area contributed by atoms with Gasteiger partial charge in [-0.1, -0.05) is 25.9 Å². The van der Waals surface area contributed by atoms with Crippen LogP contribution in [-0.2, 0) is 17.6 Å². The summed E-state index contributed by atoms with van der Waals surface area (Å²) in [6, 6.07) is 0. The average Bonchev–Trinajstić information content (AvgIpc) is 2.78. The third kappa shape index (κ3) is 4.65. The number of nitrogens with zero attached hydrogens (tertiary/aromatic N) is 3. The van der Waals surface area contributed by atoms with E-state index in [1.807, 2.05) is 6.92 Å². The smallest absolute Gasteiger partial charge is 0.234 e. The lowest BCUT2D eigenvalue weighted by Gasteiger charge is -2.16. The van der Waals surface area contributed by atoms with E-state index in [0.717, 1.165) is 26.1 Å². The number of hydrogen-bond acceptors (Lipinski definition) is 5. The number of likely N-dealkylation sites (N-methyl/N-ethyl adjacent to an activating group) is 1. The minimum Gasteiger partial charge on any atom is -0.339 e. The number of ketones is 1. The molecule has 0 atom stereocenters. The van der Waals surface area contributed by atoms with Crippen molar-refractivity contribution in [3.8, 4) is 0 Å². The van der Waals surface area contributed by atoms with Crippen molar-refractivity contribution < 1.29 is 9.32 Å². The van der Waals surface area contributed by atoms with Gasteiger partial charge in [0, 0.05) is 19.4 Å². The molecule has 0 bridgehead atoms. The van der Waals surface area contributed by atoms with E-state index in [0.29, 0.717) is 18.1 Å². The molecule has 0 saturated carbocycles. The van der Waals surface area contributed by atoms with Crippen molar-refractivity contribution in [3.05, 3.63) is 11.7 Å². The highest BCUT2D eigenvalue weighted by Gasteiger charge is 2.10. The topological polar surface area (TPSA) is 59.2 Å². The molecular weight excluding hydrogens is 218 g/mol. The highest BCUT2D eigenvalue weighted by molar-refractivity contribution is 5.79. The van der Waals surface area contributed by atoms with Crippen LogP contribution in [0.5, 0.6) is 0 Å². The first kappa shape index (κ1) is 13.8. The lowest BCUT2D eigenvalue weighted by Crippen LogP contribution is -2.25. The van der Waals surface area contributed by atoms with Crippen molar-refractivity contribution in [3.63, 3.8) is 0 Å². The van der Waals surface area contributed by atoms with Crippen molar-refractivity contribution in [2.75, 3.05) is 19.6 Å². The number of carbonyl (C=O) groups is 1. The summed E-state index contributed by atoms with van der Waals surface area (Å²) in [5.41, 5.74) is 0. The first-order chi connectivity index (χ1) is 8.19. The van der Waals surface area contributed by atoms with E-state index in [2.05, 4.69) is 28.9 Å². The van der Waals surface area contributed by atoms with Crippen molar-refractivity contribution in [2.24, 2.45) is 0 Å². The predicted molar refractivity (Wildman–Crippen MR) is 64.8 cm³/mol. The van der Waals surface area contributed by atoms with Crippen LogP contribution in [0.15, 0.2) is 4.52 Å². The number of rotatable bonds is 8. The molecule has 0 aliphatic carbocycles. The molecule has 5 nitrogen and oxygen atoms in total. The zero-order valence-corrected chi connectivity index (χ0v) is 10.9. The SMILES string of the molecule is CCC(=O)Cc1nc(CCN(CC)CC)no1. The quantitative estimate of drug-likeness (QED) is 0.687. The van der Waals surface area contributed by atoms with Crippen LogP contribution in [0.25, 0.3) is 0 Å². The minimum absolute atomic E-state index is 0.129. The molecule has 0 aliphatic heterocycles. The molecule has 0 spiro atoms.